The minimum Gasteiger partial charge on any atom is -0.356 e. The summed E-state index contributed by atoms with van der Waals surface area (Å²) >= 11 is 0. The predicted octanol–water partition coefficient (Wildman–Crippen LogP) is 3.51. The fraction of sp³-hybridized carbons (Fsp3) is 0.391. The predicted molar refractivity (Wildman–Crippen MR) is 135 cm³/mol. The Bertz CT molecular complexity index is 866. The van der Waals surface area contributed by atoms with Crippen molar-refractivity contribution in [2.45, 2.75) is 25.3 Å². The molecule has 2 aromatic carbocycles. The molecule has 6 nitrogen and oxygen atoms in total. The van der Waals surface area contributed by atoms with Gasteiger partial charge in [-0.15, -0.1) is 24.0 Å². The summed E-state index contributed by atoms with van der Waals surface area (Å²) in [5.41, 5.74) is 4.60. The lowest BCUT2D eigenvalue weighted by molar-refractivity contribution is -0.116. The van der Waals surface area contributed by atoms with Crippen molar-refractivity contribution in [3.05, 3.63) is 65.2 Å². The quantitative estimate of drug-likeness (QED) is 0.309. The first-order valence-electron chi connectivity index (χ1n) is 10.0. The van der Waals surface area contributed by atoms with Gasteiger partial charge in [-0.25, -0.2) is 0 Å². The molecule has 30 heavy (non-hydrogen) atoms. The highest BCUT2D eigenvalue weighted by Gasteiger charge is 2.25. The Kier molecular flexibility index (Phi) is 9.10. The molecule has 162 valence electrons. The van der Waals surface area contributed by atoms with Crippen molar-refractivity contribution in [2.75, 3.05) is 39.5 Å². The van der Waals surface area contributed by atoms with Crippen LogP contribution in [0.2, 0.25) is 0 Å². The lowest BCUT2D eigenvalue weighted by Crippen LogP contribution is -2.43. The Morgan fingerprint density at radius 2 is 1.87 bits per heavy atom. The third kappa shape index (κ3) is 6.18. The molecular formula is C23H32IN5O. The second-order valence-corrected chi connectivity index (χ2v) is 7.76. The normalized spacial score (nSPS) is 16.9. The average Bonchev–Trinajstić information content (AvgIpc) is 2.71. The van der Waals surface area contributed by atoms with Gasteiger partial charge in [0.2, 0.25) is 5.91 Å². The molecule has 0 spiro atoms. The summed E-state index contributed by atoms with van der Waals surface area (Å²) in [5.74, 6) is 0.929. The van der Waals surface area contributed by atoms with E-state index in [2.05, 4.69) is 77.2 Å². The lowest BCUT2D eigenvalue weighted by atomic mass is 9.90. The van der Waals surface area contributed by atoms with E-state index in [1.165, 1.54) is 16.7 Å². The number of likely N-dealkylation sites (N-methyl/N-ethyl adjacent to an activating group) is 1. The fourth-order valence-electron chi connectivity index (χ4n) is 3.70. The molecule has 1 heterocycles. The van der Waals surface area contributed by atoms with Crippen LogP contribution in [0.5, 0.6) is 0 Å². The van der Waals surface area contributed by atoms with Gasteiger partial charge in [-0.05, 0) is 38.2 Å². The third-order valence-corrected chi connectivity index (χ3v) is 5.39. The number of amides is 1. The van der Waals surface area contributed by atoms with E-state index >= 15 is 0 Å². The van der Waals surface area contributed by atoms with Crippen molar-refractivity contribution in [1.82, 2.24) is 15.5 Å². The highest BCUT2D eigenvalue weighted by atomic mass is 127. The number of fused-ring (bicyclic) bond motifs is 1. The molecule has 1 aliphatic heterocycles. The van der Waals surface area contributed by atoms with Crippen LogP contribution in [0.1, 0.15) is 35.1 Å². The molecule has 0 radical (unpaired) electrons. The second kappa shape index (κ2) is 11.3. The maximum Gasteiger partial charge on any atom is 0.225 e. The molecular weight excluding hydrogens is 489 g/mol. The number of guanidine groups is 1. The molecule has 1 aliphatic rings. The van der Waals surface area contributed by atoms with Gasteiger partial charge >= 0.3 is 0 Å². The van der Waals surface area contributed by atoms with Crippen LogP contribution in [0, 0.1) is 6.92 Å². The highest BCUT2D eigenvalue weighted by molar-refractivity contribution is 14.0. The van der Waals surface area contributed by atoms with Crippen molar-refractivity contribution >= 4 is 41.5 Å². The molecule has 0 bridgehead atoms. The molecule has 2 atom stereocenters. The van der Waals surface area contributed by atoms with Crippen LogP contribution in [0.3, 0.4) is 0 Å². The van der Waals surface area contributed by atoms with Gasteiger partial charge < -0.3 is 20.9 Å². The number of anilines is 1. The number of para-hydroxylation sites is 1. The second-order valence-electron chi connectivity index (χ2n) is 7.76. The van der Waals surface area contributed by atoms with Crippen molar-refractivity contribution in [3.63, 3.8) is 0 Å². The Labute approximate surface area is 196 Å². The molecule has 0 aromatic heterocycles. The number of nitrogens with zero attached hydrogens (tertiary/aromatic N) is 2. The van der Waals surface area contributed by atoms with Crippen molar-refractivity contribution in [3.8, 4) is 0 Å². The summed E-state index contributed by atoms with van der Waals surface area (Å²) in [6.07, 6.45) is 0.477. The summed E-state index contributed by atoms with van der Waals surface area (Å²) < 4.78 is 0. The highest BCUT2D eigenvalue weighted by Crippen LogP contribution is 2.31. The van der Waals surface area contributed by atoms with Gasteiger partial charge in [0.05, 0.1) is 6.04 Å². The van der Waals surface area contributed by atoms with Gasteiger partial charge in [0.1, 0.15) is 0 Å². The number of hydrogen-bond acceptors (Lipinski definition) is 3. The third-order valence-electron chi connectivity index (χ3n) is 5.39. The SMILES string of the molecule is CN=C(NCC1CC(=O)Nc2ccccc21)NCC(c1ccc(C)cc1)N(C)C.I. The summed E-state index contributed by atoms with van der Waals surface area (Å²) in [5, 5.41) is 9.78. The summed E-state index contributed by atoms with van der Waals surface area (Å²) in [4.78, 5) is 18.6. The maximum absolute atomic E-state index is 12.0. The van der Waals surface area contributed by atoms with Crippen molar-refractivity contribution in [2.24, 2.45) is 4.99 Å². The van der Waals surface area contributed by atoms with E-state index in [9.17, 15) is 4.79 Å². The van der Waals surface area contributed by atoms with Gasteiger partial charge in [0.15, 0.2) is 5.96 Å². The van der Waals surface area contributed by atoms with Crippen LogP contribution in [-0.4, -0.2) is 51.0 Å². The zero-order chi connectivity index (χ0) is 20.8. The smallest absolute Gasteiger partial charge is 0.225 e. The molecule has 1 amide bonds. The zero-order valence-corrected chi connectivity index (χ0v) is 20.4. The van der Waals surface area contributed by atoms with Crippen molar-refractivity contribution in [1.29, 1.82) is 0 Å². The maximum atomic E-state index is 12.0. The van der Waals surface area contributed by atoms with Crippen LogP contribution in [0.25, 0.3) is 0 Å². The van der Waals surface area contributed by atoms with Crippen molar-refractivity contribution < 1.29 is 4.79 Å². The molecule has 7 heteroatoms. The minimum atomic E-state index is 0. The Morgan fingerprint density at radius 3 is 2.53 bits per heavy atom. The first kappa shape index (κ1) is 24.1. The number of benzene rings is 2. The summed E-state index contributed by atoms with van der Waals surface area (Å²) in [6, 6.07) is 16.9. The molecule has 3 N–H and O–H groups in total. The van der Waals surface area contributed by atoms with E-state index < -0.39 is 0 Å². The number of halogens is 1. The monoisotopic (exact) mass is 521 g/mol. The summed E-state index contributed by atoms with van der Waals surface area (Å²) in [7, 11) is 5.94. The molecule has 3 rings (SSSR count). The Balaban J connectivity index is 0.00000320. The van der Waals surface area contributed by atoms with E-state index in [-0.39, 0.29) is 41.8 Å². The molecule has 0 fully saturated rings. The number of nitrogens with one attached hydrogen (secondary N) is 3. The van der Waals surface area contributed by atoms with Crippen LogP contribution in [-0.2, 0) is 4.79 Å². The van der Waals surface area contributed by atoms with E-state index in [1.807, 2.05) is 18.2 Å². The van der Waals surface area contributed by atoms with Gasteiger partial charge in [-0.1, -0.05) is 48.0 Å². The van der Waals surface area contributed by atoms with E-state index in [0.717, 1.165) is 18.2 Å². The number of hydrogen-bond donors (Lipinski definition) is 3. The largest absolute Gasteiger partial charge is 0.356 e. The molecule has 0 aliphatic carbocycles. The van der Waals surface area contributed by atoms with Gasteiger partial charge in [0.25, 0.3) is 0 Å². The molecule has 0 saturated carbocycles. The van der Waals surface area contributed by atoms with Crippen LogP contribution in [0.15, 0.2) is 53.5 Å². The first-order valence-corrected chi connectivity index (χ1v) is 10.0. The number of rotatable bonds is 6. The number of aryl methyl sites for hydroxylation is 1. The molecule has 0 saturated heterocycles. The average molecular weight is 521 g/mol. The van der Waals surface area contributed by atoms with Gasteiger partial charge in [0, 0.05) is 38.2 Å². The van der Waals surface area contributed by atoms with Crippen LogP contribution < -0.4 is 16.0 Å². The van der Waals surface area contributed by atoms with Gasteiger partial charge in [-0.3, -0.25) is 9.79 Å². The molecule has 2 aromatic rings. The fourth-order valence-corrected chi connectivity index (χ4v) is 3.70. The van der Waals surface area contributed by atoms with Crippen LogP contribution >= 0.6 is 24.0 Å². The van der Waals surface area contributed by atoms with E-state index in [0.29, 0.717) is 13.0 Å². The topological polar surface area (TPSA) is 68.8 Å². The standard InChI is InChI=1S/C23H31N5O.HI/c1-16-9-11-17(12-10-16)21(28(3)4)15-26-23(24-2)25-14-18-13-22(29)27-20-8-6-5-7-19(18)20;/h5-12,18,21H,13-15H2,1-4H3,(H,27,29)(H2,24,25,26);1H. The number of carbonyl (C=O) groups excluding carboxylic acids is 1. The Morgan fingerprint density at radius 1 is 1.17 bits per heavy atom. The molecule has 2 unspecified atom stereocenters. The lowest BCUT2D eigenvalue weighted by Gasteiger charge is -2.28. The van der Waals surface area contributed by atoms with Gasteiger partial charge in [-0.2, -0.15) is 0 Å². The first-order chi connectivity index (χ1) is 14.0. The van der Waals surface area contributed by atoms with Crippen LogP contribution in [0.4, 0.5) is 5.69 Å². The number of aliphatic imine (C=N–C) groups is 1. The Hall–Kier alpha value is -2.13. The zero-order valence-electron chi connectivity index (χ0n) is 18.1. The minimum absolute atomic E-state index is 0. The van der Waals surface area contributed by atoms with E-state index in [1.54, 1.807) is 7.05 Å². The number of carbonyl (C=O) groups is 1. The summed E-state index contributed by atoms with van der Waals surface area (Å²) in [6.45, 7) is 3.49. The van der Waals surface area contributed by atoms with E-state index in [4.69, 9.17) is 0 Å².